The lowest BCUT2D eigenvalue weighted by molar-refractivity contribution is -0.174. The van der Waals surface area contributed by atoms with Gasteiger partial charge in [-0.05, 0) is 12.8 Å². The van der Waals surface area contributed by atoms with Crippen molar-refractivity contribution in [3.05, 3.63) is 71.8 Å². The SMILES string of the molecule is O=C1CC[C@@H]2CO[C@H](c3ccccc3)N3C(=O)CC[C@@H]3CO[C@H](c3ccccc3)N12. The first kappa shape index (κ1) is 19.3. The second-order valence-electron chi connectivity index (χ2n) is 8.18. The summed E-state index contributed by atoms with van der Waals surface area (Å²) in [5.41, 5.74) is 1.91. The van der Waals surface area contributed by atoms with Gasteiger partial charge in [0.2, 0.25) is 11.8 Å². The van der Waals surface area contributed by atoms with Crippen molar-refractivity contribution in [2.24, 2.45) is 0 Å². The van der Waals surface area contributed by atoms with Crippen LogP contribution in [0.1, 0.15) is 49.3 Å². The molecule has 156 valence electrons. The number of hydrogen-bond donors (Lipinski definition) is 0. The third-order valence-corrected chi connectivity index (χ3v) is 6.31. The molecular weight excluding hydrogens is 380 g/mol. The van der Waals surface area contributed by atoms with Crippen LogP contribution in [0.4, 0.5) is 0 Å². The predicted molar refractivity (Wildman–Crippen MR) is 110 cm³/mol. The monoisotopic (exact) mass is 406 g/mol. The van der Waals surface area contributed by atoms with Gasteiger partial charge >= 0.3 is 0 Å². The lowest BCUT2D eigenvalue weighted by Gasteiger charge is -2.40. The number of nitrogens with zero attached hydrogens (tertiary/aromatic N) is 2. The van der Waals surface area contributed by atoms with Crippen molar-refractivity contribution in [2.75, 3.05) is 13.2 Å². The molecule has 3 heterocycles. The number of ether oxygens (including phenoxy) is 2. The first-order chi connectivity index (χ1) is 14.7. The Morgan fingerprint density at radius 3 is 1.43 bits per heavy atom. The molecule has 6 nitrogen and oxygen atoms in total. The van der Waals surface area contributed by atoms with Crippen molar-refractivity contribution in [1.82, 2.24) is 9.80 Å². The van der Waals surface area contributed by atoms with Crippen LogP contribution < -0.4 is 0 Å². The van der Waals surface area contributed by atoms with E-state index in [0.717, 1.165) is 24.0 Å². The van der Waals surface area contributed by atoms with Gasteiger partial charge in [0, 0.05) is 24.0 Å². The summed E-state index contributed by atoms with van der Waals surface area (Å²) >= 11 is 0. The van der Waals surface area contributed by atoms with Gasteiger partial charge in [-0.1, -0.05) is 60.7 Å². The number of hydrogen-bond acceptors (Lipinski definition) is 4. The van der Waals surface area contributed by atoms with E-state index < -0.39 is 12.5 Å². The van der Waals surface area contributed by atoms with Gasteiger partial charge in [-0.3, -0.25) is 9.59 Å². The molecule has 0 radical (unpaired) electrons. The molecule has 2 aromatic rings. The molecule has 4 atom stereocenters. The van der Waals surface area contributed by atoms with Crippen LogP contribution in [0.25, 0.3) is 0 Å². The lowest BCUT2D eigenvalue weighted by Crippen LogP contribution is -2.47. The zero-order chi connectivity index (χ0) is 20.5. The quantitative estimate of drug-likeness (QED) is 0.767. The Balaban J connectivity index is 1.50. The average Bonchev–Trinajstić information content (AvgIpc) is 3.33. The zero-order valence-electron chi connectivity index (χ0n) is 16.9. The van der Waals surface area contributed by atoms with E-state index in [1.807, 2.05) is 70.5 Å². The van der Waals surface area contributed by atoms with Crippen LogP contribution in [0.2, 0.25) is 0 Å². The van der Waals surface area contributed by atoms with Crippen LogP contribution >= 0.6 is 0 Å². The molecule has 2 amide bonds. The third kappa shape index (κ3) is 3.50. The van der Waals surface area contributed by atoms with Gasteiger partial charge in [-0.2, -0.15) is 0 Å². The van der Waals surface area contributed by atoms with Crippen molar-refractivity contribution in [3.63, 3.8) is 0 Å². The van der Waals surface area contributed by atoms with E-state index in [2.05, 4.69) is 0 Å². The predicted octanol–water partition coefficient (Wildman–Crippen LogP) is 3.41. The summed E-state index contributed by atoms with van der Waals surface area (Å²) < 4.78 is 12.8. The molecule has 0 aromatic heterocycles. The van der Waals surface area contributed by atoms with E-state index >= 15 is 0 Å². The molecule has 3 saturated heterocycles. The van der Waals surface area contributed by atoms with E-state index in [0.29, 0.717) is 26.1 Å². The van der Waals surface area contributed by atoms with Gasteiger partial charge < -0.3 is 19.3 Å². The fourth-order valence-corrected chi connectivity index (χ4v) is 4.81. The van der Waals surface area contributed by atoms with Crippen LogP contribution in [0.15, 0.2) is 60.7 Å². The Kier molecular flexibility index (Phi) is 5.27. The molecule has 5 rings (SSSR count). The highest BCUT2D eigenvalue weighted by Crippen LogP contribution is 2.37. The molecule has 6 heteroatoms. The van der Waals surface area contributed by atoms with E-state index in [-0.39, 0.29) is 23.9 Å². The van der Waals surface area contributed by atoms with Crippen molar-refractivity contribution >= 4 is 11.8 Å². The number of fused-ring (bicyclic) bond motifs is 2. The van der Waals surface area contributed by atoms with Gasteiger partial charge in [0.05, 0.1) is 25.3 Å². The van der Waals surface area contributed by atoms with Crippen molar-refractivity contribution in [3.8, 4) is 0 Å². The molecule has 3 fully saturated rings. The van der Waals surface area contributed by atoms with Gasteiger partial charge in [0.15, 0.2) is 12.5 Å². The second-order valence-corrected chi connectivity index (χ2v) is 8.18. The molecule has 3 aliphatic heterocycles. The summed E-state index contributed by atoms with van der Waals surface area (Å²) in [6.07, 6.45) is 1.52. The topological polar surface area (TPSA) is 59.1 Å². The smallest absolute Gasteiger partial charge is 0.225 e. The first-order valence-electron chi connectivity index (χ1n) is 10.7. The molecule has 0 spiro atoms. The summed E-state index contributed by atoms with van der Waals surface area (Å²) in [6.45, 7) is 0.739. The zero-order valence-corrected chi connectivity index (χ0v) is 16.9. The third-order valence-electron chi connectivity index (χ3n) is 6.31. The van der Waals surface area contributed by atoms with E-state index in [4.69, 9.17) is 9.47 Å². The van der Waals surface area contributed by atoms with Gasteiger partial charge in [-0.15, -0.1) is 0 Å². The Morgan fingerprint density at radius 2 is 1.03 bits per heavy atom. The van der Waals surface area contributed by atoms with Crippen LogP contribution in [-0.4, -0.2) is 46.9 Å². The van der Waals surface area contributed by atoms with Crippen LogP contribution in [-0.2, 0) is 19.1 Å². The molecule has 0 unspecified atom stereocenters. The van der Waals surface area contributed by atoms with Crippen LogP contribution in [0.3, 0.4) is 0 Å². The first-order valence-corrected chi connectivity index (χ1v) is 10.7. The van der Waals surface area contributed by atoms with E-state index in [9.17, 15) is 9.59 Å². The summed E-state index contributed by atoms with van der Waals surface area (Å²) in [5.74, 6) is 0.183. The number of amides is 2. The van der Waals surface area contributed by atoms with Gasteiger partial charge in [0.1, 0.15) is 0 Å². The summed E-state index contributed by atoms with van der Waals surface area (Å²) in [4.78, 5) is 29.3. The Labute approximate surface area is 176 Å². The molecule has 2 aromatic carbocycles. The normalized spacial score (nSPS) is 29.6. The fraction of sp³-hybridized carbons (Fsp3) is 0.417. The van der Waals surface area contributed by atoms with E-state index in [1.54, 1.807) is 0 Å². The molecular formula is C24H26N2O4. The van der Waals surface area contributed by atoms with Crippen LogP contribution in [0.5, 0.6) is 0 Å². The summed E-state index contributed by atoms with van der Waals surface area (Å²) in [6, 6.07) is 19.5. The minimum absolute atomic E-state index is 0.0804. The van der Waals surface area contributed by atoms with Crippen molar-refractivity contribution < 1.29 is 19.1 Å². The largest absolute Gasteiger partial charge is 0.352 e. The van der Waals surface area contributed by atoms with Crippen LogP contribution in [0, 0.1) is 0 Å². The molecule has 0 bridgehead atoms. The molecule has 0 saturated carbocycles. The minimum Gasteiger partial charge on any atom is -0.352 e. The minimum atomic E-state index is -0.458. The fourth-order valence-electron chi connectivity index (χ4n) is 4.81. The highest BCUT2D eigenvalue weighted by Gasteiger charge is 2.43. The number of rotatable bonds is 2. The molecule has 30 heavy (non-hydrogen) atoms. The second kappa shape index (κ2) is 8.20. The number of benzene rings is 2. The molecule has 0 aliphatic carbocycles. The maximum Gasteiger partial charge on any atom is 0.225 e. The molecule has 3 aliphatic rings. The average molecular weight is 406 g/mol. The van der Waals surface area contributed by atoms with Gasteiger partial charge in [-0.25, -0.2) is 0 Å². The van der Waals surface area contributed by atoms with Crippen molar-refractivity contribution in [1.29, 1.82) is 0 Å². The summed E-state index contributed by atoms with van der Waals surface area (Å²) in [7, 11) is 0. The number of carbonyl (C=O) groups is 2. The summed E-state index contributed by atoms with van der Waals surface area (Å²) in [5, 5.41) is 0. The number of carbonyl (C=O) groups excluding carboxylic acids is 2. The van der Waals surface area contributed by atoms with Crippen molar-refractivity contribution in [2.45, 2.75) is 50.2 Å². The Hall–Kier alpha value is -2.70. The molecule has 0 N–H and O–H groups in total. The van der Waals surface area contributed by atoms with Gasteiger partial charge in [0.25, 0.3) is 0 Å². The lowest BCUT2D eigenvalue weighted by atomic mass is 10.1. The maximum absolute atomic E-state index is 12.8. The Morgan fingerprint density at radius 1 is 0.633 bits per heavy atom. The highest BCUT2D eigenvalue weighted by atomic mass is 16.5. The standard InChI is InChI=1S/C24H26N2O4/c27-21-13-11-19-16-30-24(18-9-5-2-6-10-18)26-20(12-14-22(26)28)15-29-23(25(19)21)17-7-3-1-4-8-17/h1-10,19-20,23-24H,11-16H2/t19-,20-,23-,24-/m1/s1. The van der Waals surface area contributed by atoms with E-state index in [1.165, 1.54) is 0 Å². The Bertz CT molecular complexity index is 828. The maximum atomic E-state index is 12.8. The highest BCUT2D eigenvalue weighted by molar-refractivity contribution is 5.80.